The van der Waals surface area contributed by atoms with Gasteiger partial charge in [-0.1, -0.05) is 0 Å². The van der Waals surface area contributed by atoms with Crippen LogP contribution in [0, 0.1) is 0 Å². The van der Waals surface area contributed by atoms with Crippen molar-refractivity contribution in [2.45, 2.75) is 13.0 Å². The predicted octanol–water partition coefficient (Wildman–Crippen LogP) is -1.60. The van der Waals surface area contributed by atoms with Crippen LogP contribution in [0.4, 0.5) is 4.79 Å². The summed E-state index contributed by atoms with van der Waals surface area (Å²) >= 11 is 0. The van der Waals surface area contributed by atoms with Crippen LogP contribution in [0.5, 0.6) is 0 Å². The molecule has 16 heavy (non-hydrogen) atoms. The van der Waals surface area contributed by atoms with Crippen LogP contribution < -0.4 is 21.7 Å². The zero-order valence-electron chi connectivity index (χ0n) is 9.71. The van der Waals surface area contributed by atoms with Gasteiger partial charge in [0.1, 0.15) is 0 Å². The van der Waals surface area contributed by atoms with E-state index in [4.69, 9.17) is 10.5 Å². The van der Waals surface area contributed by atoms with Gasteiger partial charge in [-0.05, 0) is 6.92 Å². The molecule has 0 aromatic carbocycles. The van der Waals surface area contributed by atoms with Crippen molar-refractivity contribution in [1.29, 1.82) is 0 Å². The molecule has 94 valence electrons. The van der Waals surface area contributed by atoms with Crippen LogP contribution >= 0.6 is 0 Å². The Morgan fingerprint density at radius 1 is 1.25 bits per heavy atom. The molecular formula is C9H20N4O3. The van der Waals surface area contributed by atoms with Crippen LogP contribution in [0.3, 0.4) is 0 Å². The fourth-order valence-corrected chi connectivity index (χ4v) is 0.996. The second kappa shape index (κ2) is 8.93. The Bertz CT molecular complexity index is 223. The summed E-state index contributed by atoms with van der Waals surface area (Å²) in [5.41, 5.74) is 4.88. The van der Waals surface area contributed by atoms with Crippen LogP contribution in [-0.2, 0) is 9.53 Å². The molecular weight excluding hydrogens is 212 g/mol. The molecule has 7 nitrogen and oxygen atoms in total. The molecule has 0 aliphatic carbocycles. The molecule has 0 bridgehead atoms. The molecule has 5 N–H and O–H groups in total. The van der Waals surface area contributed by atoms with Crippen molar-refractivity contribution < 1.29 is 14.3 Å². The smallest absolute Gasteiger partial charge is 0.312 e. The van der Waals surface area contributed by atoms with Gasteiger partial charge >= 0.3 is 6.03 Å². The van der Waals surface area contributed by atoms with E-state index in [1.54, 1.807) is 14.0 Å². The third kappa shape index (κ3) is 8.01. The number of hydrogen-bond acceptors (Lipinski definition) is 4. The van der Waals surface area contributed by atoms with Crippen LogP contribution in [0.25, 0.3) is 0 Å². The Labute approximate surface area is 95.1 Å². The zero-order chi connectivity index (χ0) is 12.4. The Balaban J connectivity index is 3.51. The molecule has 0 aliphatic rings. The molecule has 0 aromatic heterocycles. The maximum Gasteiger partial charge on any atom is 0.312 e. The summed E-state index contributed by atoms with van der Waals surface area (Å²) in [5.74, 6) is -0.101. The summed E-state index contributed by atoms with van der Waals surface area (Å²) in [7, 11) is 1.57. The average molecular weight is 232 g/mol. The topological polar surface area (TPSA) is 105 Å². The predicted molar refractivity (Wildman–Crippen MR) is 59.9 cm³/mol. The lowest BCUT2D eigenvalue weighted by Crippen LogP contribution is -2.45. The van der Waals surface area contributed by atoms with Crippen molar-refractivity contribution in [2.24, 2.45) is 5.73 Å². The molecule has 0 aliphatic heterocycles. The van der Waals surface area contributed by atoms with Crippen molar-refractivity contribution in [2.75, 3.05) is 33.4 Å². The molecule has 1 atom stereocenters. The summed E-state index contributed by atoms with van der Waals surface area (Å²) in [4.78, 5) is 21.7. The van der Waals surface area contributed by atoms with E-state index >= 15 is 0 Å². The van der Waals surface area contributed by atoms with Crippen LogP contribution in [0.2, 0.25) is 0 Å². The third-order valence-corrected chi connectivity index (χ3v) is 1.87. The number of primary amides is 1. The highest BCUT2D eigenvalue weighted by atomic mass is 16.5. The molecule has 1 unspecified atom stereocenters. The molecule has 0 spiro atoms. The van der Waals surface area contributed by atoms with Gasteiger partial charge in [-0.25, -0.2) is 4.79 Å². The van der Waals surface area contributed by atoms with Crippen molar-refractivity contribution in [3.05, 3.63) is 0 Å². The number of hydrogen-bond donors (Lipinski definition) is 4. The number of rotatable bonds is 8. The van der Waals surface area contributed by atoms with Crippen LogP contribution in [-0.4, -0.2) is 51.3 Å². The molecule has 0 fully saturated rings. The zero-order valence-corrected chi connectivity index (χ0v) is 9.71. The van der Waals surface area contributed by atoms with Gasteiger partial charge in [-0.15, -0.1) is 0 Å². The first-order valence-electron chi connectivity index (χ1n) is 5.11. The van der Waals surface area contributed by atoms with Gasteiger partial charge in [-0.2, -0.15) is 0 Å². The molecule has 0 saturated carbocycles. The summed E-state index contributed by atoms with van der Waals surface area (Å²) in [6, 6.07) is -0.884. The van der Waals surface area contributed by atoms with Crippen molar-refractivity contribution in [3.63, 3.8) is 0 Å². The first-order valence-corrected chi connectivity index (χ1v) is 5.11. The van der Waals surface area contributed by atoms with Gasteiger partial charge in [-0.3, -0.25) is 4.79 Å². The Morgan fingerprint density at radius 3 is 2.50 bits per heavy atom. The lowest BCUT2D eigenvalue weighted by Gasteiger charge is -2.13. The number of amides is 3. The van der Waals surface area contributed by atoms with E-state index in [-0.39, 0.29) is 11.9 Å². The maximum atomic E-state index is 11.4. The van der Waals surface area contributed by atoms with E-state index in [0.29, 0.717) is 26.2 Å². The Kier molecular flexibility index (Phi) is 8.18. The highest BCUT2D eigenvalue weighted by Gasteiger charge is 2.10. The van der Waals surface area contributed by atoms with Gasteiger partial charge in [0.05, 0.1) is 12.6 Å². The van der Waals surface area contributed by atoms with E-state index in [1.807, 2.05) is 0 Å². The maximum absolute atomic E-state index is 11.4. The third-order valence-electron chi connectivity index (χ3n) is 1.87. The monoisotopic (exact) mass is 232 g/mol. The van der Waals surface area contributed by atoms with E-state index in [0.717, 1.165) is 0 Å². The van der Waals surface area contributed by atoms with Crippen molar-refractivity contribution in [1.82, 2.24) is 16.0 Å². The fourth-order valence-electron chi connectivity index (χ4n) is 0.996. The molecule has 0 aromatic rings. The molecule has 3 amide bonds. The van der Waals surface area contributed by atoms with Gasteiger partial charge in [0, 0.05) is 26.7 Å². The molecule has 0 radical (unpaired) electrons. The molecule has 0 heterocycles. The summed E-state index contributed by atoms with van der Waals surface area (Å²) < 4.78 is 4.80. The minimum absolute atomic E-state index is 0.101. The number of nitrogens with two attached hydrogens (primary N) is 1. The minimum Gasteiger partial charge on any atom is -0.383 e. The van der Waals surface area contributed by atoms with Gasteiger partial charge < -0.3 is 26.4 Å². The number of methoxy groups -OCH3 is 1. The quantitative estimate of drug-likeness (QED) is 0.378. The highest BCUT2D eigenvalue weighted by molar-refractivity contribution is 5.81. The minimum atomic E-state index is -0.570. The second-order valence-electron chi connectivity index (χ2n) is 3.25. The lowest BCUT2D eigenvalue weighted by molar-refractivity contribution is -0.122. The average Bonchev–Trinajstić information content (AvgIpc) is 2.24. The highest BCUT2D eigenvalue weighted by Crippen LogP contribution is 1.80. The van der Waals surface area contributed by atoms with Crippen molar-refractivity contribution >= 4 is 11.9 Å². The first-order chi connectivity index (χ1) is 7.57. The largest absolute Gasteiger partial charge is 0.383 e. The number of nitrogens with one attached hydrogen (secondary N) is 3. The Hall–Kier alpha value is -1.34. The normalized spacial score (nSPS) is 11.9. The number of urea groups is 1. The van der Waals surface area contributed by atoms with Crippen LogP contribution in [0.1, 0.15) is 6.92 Å². The van der Waals surface area contributed by atoms with Gasteiger partial charge in [0.2, 0.25) is 5.91 Å². The second-order valence-corrected chi connectivity index (χ2v) is 3.25. The molecule has 0 rings (SSSR count). The van der Waals surface area contributed by atoms with E-state index in [2.05, 4.69) is 16.0 Å². The Morgan fingerprint density at radius 2 is 1.94 bits per heavy atom. The fraction of sp³-hybridized carbons (Fsp3) is 0.778. The summed E-state index contributed by atoms with van der Waals surface area (Å²) in [6.07, 6.45) is 0. The van der Waals surface area contributed by atoms with E-state index < -0.39 is 6.03 Å². The SMILES string of the molecule is COCCNC(=O)C(C)NCCNC(N)=O. The number of ether oxygens (including phenoxy) is 1. The first kappa shape index (κ1) is 14.7. The standard InChI is InChI=1S/C9H20N4O3/c1-7(8(14)12-5-6-16-2)11-3-4-13-9(10)15/h7,11H,3-6H2,1-2H3,(H,12,14)(H3,10,13,15). The summed E-state index contributed by atoms with van der Waals surface area (Å²) in [5, 5.41) is 8.05. The number of carbonyl (C=O) groups is 2. The summed E-state index contributed by atoms with van der Waals surface area (Å²) in [6.45, 7) is 3.60. The molecule has 0 saturated heterocycles. The molecule has 7 heteroatoms. The number of carbonyl (C=O) groups excluding carboxylic acids is 2. The van der Waals surface area contributed by atoms with Gasteiger partial charge in [0.15, 0.2) is 0 Å². The lowest BCUT2D eigenvalue weighted by atomic mass is 10.3. The van der Waals surface area contributed by atoms with E-state index in [9.17, 15) is 9.59 Å². The van der Waals surface area contributed by atoms with Crippen LogP contribution in [0.15, 0.2) is 0 Å². The van der Waals surface area contributed by atoms with Crippen molar-refractivity contribution in [3.8, 4) is 0 Å². The van der Waals surface area contributed by atoms with Gasteiger partial charge in [0.25, 0.3) is 0 Å². The van der Waals surface area contributed by atoms with E-state index in [1.165, 1.54) is 0 Å².